The van der Waals surface area contributed by atoms with Crippen LogP contribution in [-0.4, -0.2) is 22.9 Å². The van der Waals surface area contributed by atoms with Crippen LogP contribution in [0, 0.1) is 13.8 Å². The number of rotatable bonds is 7. The van der Waals surface area contributed by atoms with Gasteiger partial charge in [-0.3, -0.25) is 9.13 Å². The second-order valence-corrected chi connectivity index (χ2v) is 8.40. The number of imidazole rings is 1. The van der Waals surface area contributed by atoms with Crippen LogP contribution < -0.4 is 5.69 Å². The molecule has 4 aromatic rings. The maximum Gasteiger partial charge on any atom is 0.330 e. The van der Waals surface area contributed by atoms with E-state index in [2.05, 4.69) is 69.3 Å². The molecule has 4 heteroatoms. The van der Waals surface area contributed by atoms with E-state index in [4.69, 9.17) is 4.74 Å². The Kier molecular flexibility index (Phi) is 6.10. The van der Waals surface area contributed by atoms with Gasteiger partial charge in [0.25, 0.3) is 0 Å². The van der Waals surface area contributed by atoms with Crippen molar-refractivity contribution in [2.45, 2.75) is 39.3 Å². The van der Waals surface area contributed by atoms with Crippen molar-refractivity contribution in [2.75, 3.05) is 13.7 Å². The number of methoxy groups -OCH3 is 1. The zero-order chi connectivity index (χ0) is 22.0. The molecule has 2 unspecified atom stereocenters. The third-order valence-electron chi connectivity index (χ3n) is 6.08. The summed E-state index contributed by atoms with van der Waals surface area (Å²) in [7, 11) is 1.70. The van der Waals surface area contributed by atoms with Gasteiger partial charge < -0.3 is 4.74 Å². The summed E-state index contributed by atoms with van der Waals surface area (Å²) in [5.41, 5.74) is 6.66. The Morgan fingerprint density at radius 2 is 1.35 bits per heavy atom. The number of ether oxygens (including phenoxy) is 1. The number of para-hydroxylation sites is 2. The summed E-state index contributed by atoms with van der Waals surface area (Å²) in [5, 5.41) is 0. The minimum absolute atomic E-state index is 0.00318. The second kappa shape index (κ2) is 8.94. The SMILES string of the molecule is COCC(Cc1ccc(C)cc1)n1c(=O)n(C(C)c2ccc(C)cc2)c2ccccc21. The lowest BCUT2D eigenvalue weighted by atomic mass is 10.0. The van der Waals surface area contributed by atoms with Gasteiger partial charge in [0.05, 0.1) is 29.7 Å². The number of aryl methyl sites for hydroxylation is 2. The van der Waals surface area contributed by atoms with Gasteiger partial charge >= 0.3 is 5.69 Å². The van der Waals surface area contributed by atoms with Gasteiger partial charge in [-0.1, -0.05) is 71.8 Å². The molecule has 4 rings (SSSR count). The summed E-state index contributed by atoms with van der Waals surface area (Å²) in [6, 6.07) is 24.8. The van der Waals surface area contributed by atoms with Crippen LogP contribution in [0.5, 0.6) is 0 Å². The van der Waals surface area contributed by atoms with Gasteiger partial charge in [-0.2, -0.15) is 0 Å². The maximum atomic E-state index is 13.8. The van der Waals surface area contributed by atoms with Crippen molar-refractivity contribution in [1.29, 1.82) is 0 Å². The largest absolute Gasteiger partial charge is 0.383 e. The van der Waals surface area contributed by atoms with Crippen LogP contribution in [0.3, 0.4) is 0 Å². The van der Waals surface area contributed by atoms with Gasteiger partial charge in [0.2, 0.25) is 0 Å². The van der Waals surface area contributed by atoms with Gasteiger partial charge in [0.1, 0.15) is 0 Å². The smallest absolute Gasteiger partial charge is 0.330 e. The molecular weight excluding hydrogens is 384 g/mol. The summed E-state index contributed by atoms with van der Waals surface area (Å²) in [4.78, 5) is 13.8. The molecule has 0 amide bonds. The first-order valence-corrected chi connectivity index (χ1v) is 10.8. The van der Waals surface area contributed by atoms with E-state index >= 15 is 0 Å². The monoisotopic (exact) mass is 414 g/mol. The predicted octanol–water partition coefficient (Wildman–Crippen LogP) is 5.46. The first kappa shape index (κ1) is 21.1. The van der Waals surface area contributed by atoms with Crippen molar-refractivity contribution < 1.29 is 4.74 Å². The Morgan fingerprint density at radius 1 is 0.806 bits per heavy atom. The lowest BCUT2D eigenvalue weighted by Gasteiger charge is -2.19. The summed E-state index contributed by atoms with van der Waals surface area (Å²) >= 11 is 0. The van der Waals surface area contributed by atoms with Crippen LogP contribution in [0.1, 0.15) is 41.3 Å². The van der Waals surface area contributed by atoms with E-state index in [0.717, 1.165) is 23.0 Å². The molecule has 1 heterocycles. The summed E-state index contributed by atoms with van der Waals surface area (Å²) in [6.45, 7) is 6.72. The molecule has 0 bridgehead atoms. The molecule has 4 nitrogen and oxygen atoms in total. The van der Waals surface area contributed by atoms with Gasteiger partial charge in [0, 0.05) is 7.11 Å². The van der Waals surface area contributed by atoms with E-state index < -0.39 is 0 Å². The van der Waals surface area contributed by atoms with Gasteiger partial charge in [-0.05, 0) is 50.5 Å². The van der Waals surface area contributed by atoms with Crippen molar-refractivity contribution in [2.24, 2.45) is 0 Å². The van der Waals surface area contributed by atoms with Crippen LogP contribution in [0.2, 0.25) is 0 Å². The number of fused-ring (bicyclic) bond motifs is 1. The zero-order valence-corrected chi connectivity index (χ0v) is 18.7. The van der Waals surface area contributed by atoms with E-state index in [9.17, 15) is 4.79 Å². The van der Waals surface area contributed by atoms with E-state index in [1.165, 1.54) is 16.7 Å². The Balaban J connectivity index is 1.83. The fourth-order valence-corrected chi connectivity index (χ4v) is 4.33. The third kappa shape index (κ3) is 4.21. The molecule has 2 atom stereocenters. The Morgan fingerprint density at radius 3 is 1.94 bits per heavy atom. The van der Waals surface area contributed by atoms with Gasteiger partial charge in [0.15, 0.2) is 0 Å². The molecular formula is C27H30N2O2. The molecule has 0 aliphatic rings. The molecule has 0 radical (unpaired) electrons. The lowest BCUT2D eigenvalue weighted by Crippen LogP contribution is -2.32. The summed E-state index contributed by atoms with van der Waals surface area (Å²) < 4.78 is 9.39. The fraction of sp³-hybridized carbons (Fsp3) is 0.296. The summed E-state index contributed by atoms with van der Waals surface area (Å²) in [6.07, 6.45) is 0.737. The van der Waals surface area contributed by atoms with E-state index in [1.54, 1.807) is 7.11 Å². The number of nitrogens with zero attached hydrogens (tertiary/aromatic N) is 2. The molecule has 0 fully saturated rings. The first-order valence-electron chi connectivity index (χ1n) is 10.8. The molecule has 3 aromatic carbocycles. The second-order valence-electron chi connectivity index (χ2n) is 8.40. The highest BCUT2D eigenvalue weighted by molar-refractivity contribution is 5.76. The van der Waals surface area contributed by atoms with Gasteiger partial charge in [-0.25, -0.2) is 4.79 Å². The van der Waals surface area contributed by atoms with Crippen LogP contribution in [-0.2, 0) is 11.2 Å². The van der Waals surface area contributed by atoms with Crippen molar-refractivity contribution in [3.63, 3.8) is 0 Å². The molecule has 1 aromatic heterocycles. The van der Waals surface area contributed by atoms with Crippen LogP contribution in [0.25, 0.3) is 11.0 Å². The molecule has 0 aliphatic carbocycles. The molecule has 160 valence electrons. The standard InChI is InChI=1S/C27H30N2O2/c1-19-9-13-22(14-10-19)17-24(18-31-4)29-26-8-6-5-7-25(26)28(27(29)30)21(3)23-15-11-20(2)12-16-23/h5-16,21,24H,17-18H2,1-4H3. The van der Waals surface area contributed by atoms with E-state index in [0.29, 0.717) is 6.61 Å². The third-order valence-corrected chi connectivity index (χ3v) is 6.08. The molecule has 31 heavy (non-hydrogen) atoms. The predicted molar refractivity (Wildman–Crippen MR) is 127 cm³/mol. The minimum Gasteiger partial charge on any atom is -0.383 e. The van der Waals surface area contributed by atoms with Crippen LogP contribution in [0.15, 0.2) is 77.6 Å². The molecule has 0 saturated carbocycles. The first-order chi connectivity index (χ1) is 15.0. The quantitative estimate of drug-likeness (QED) is 0.403. The molecule has 0 aliphatic heterocycles. The van der Waals surface area contributed by atoms with Crippen molar-refractivity contribution in [1.82, 2.24) is 9.13 Å². The lowest BCUT2D eigenvalue weighted by molar-refractivity contribution is 0.154. The van der Waals surface area contributed by atoms with Crippen molar-refractivity contribution in [3.8, 4) is 0 Å². The molecule has 0 N–H and O–H groups in total. The summed E-state index contributed by atoms with van der Waals surface area (Å²) in [5.74, 6) is 0. The average Bonchev–Trinajstić information content (AvgIpc) is 3.06. The van der Waals surface area contributed by atoms with Crippen molar-refractivity contribution in [3.05, 3.63) is 106 Å². The highest BCUT2D eigenvalue weighted by Crippen LogP contribution is 2.26. The van der Waals surface area contributed by atoms with Gasteiger partial charge in [-0.15, -0.1) is 0 Å². The number of hydrogen-bond donors (Lipinski definition) is 0. The van der Waals surface area contributed by atoms with E-state index in [1.807, 2.05) is 33.4 Å². The Bertz CT molecular complexity index is 1220. The highest BCUT2D eigenvalue weighted by atomic mass is 16.5. The number of aromatic nitrogens is 2. The highest BCUT2D eigenvalue weighted by Gasteiger charge is 2.23. The van der Waals surface area contributed by atoms with Crippen LogP contribution >= 0.6 is 0 Å². The van der Waals surface area contributed by atoms with Crippen LogP contribution in [0.4, 0.5) is 0 Å². The fourth-order valence-electron chi connectivity index (χ4n) is 4.33. The topological polar surface area (TPSA) is 36.2 Å². The minimum atomic E-state index is -0.0865. The molecule has 0 saturated heterocycles. The Hall–Kier alpha value is -3.11. The van der Waals surface area contributed by atoms with Crippen molar-refractivity contribution >= 4 is 11.0 Å². The average molecular weight is 415 g/mol. The number of hydrogen-bond acceptors (Lipinski definition) is 2. The number of benzene rings is 3. The normalized spacial score (nSPS) is 13.4. The van der Waals surface area contributed by atoms with E-state index in [-0.39, 0.29) is 17.8 Å². The maximum absolute atomic E-state index is 13.8. The Labute approximate surface area is 183 Å². The zero-order valence-electron chi connectivity index (χ0n) is 18.7. The molecule has 0 spiro atoms.